The van der Waals surface area contributed by atoms with Crippen LogP contribution in [-0.2, 0) is 9.53 Å². The van der Waals surface area contributed by atoms with Gasteiger partial charge in [0, 0.05) is 11.6 Å². The lowest BCUT2D eigenvalue weighted by Gasteiger charge is -2.14. The third kappa shape index (κ3) is 5.76. The Hall–Kier alpha value is -3.59. The van der Waals surface area contributed by atoms with Crippen molar-refractivity contribution in [3.8, 4) is 17.0 Å². The Balaban J connectivity index is 1.75. The van der Waals surface area contributed by atoms with Crippen molar-refractivity contribution < 1.29 is 19.1 Å². The van der Waals surface area contributed by atoms with Crippen LogP contribution in [0.15, 0.2) is 64.5 Å². The second-order valence-corrected chi connectivity index (χ2v) is 8.01. The fraction of sp³-hybridized carbons (Fsp3) is 0.217. The molecule has 1 amide bonds. The van der Waals surface area contributed by atoms with Crippen molar-refractivity contribution >= 4 is 29.3 Å². The highest BCUT2D eigenvalue weighted by Gasteiger charge is 2.20. The van der Waals surface area contributed by atoms with Crippen LogP contribution < -0.4 is 15.6 Å². The van der Waals surface area contributed by atoms with Gasteiger partial charge in [0.1, 0.15) is 5.75 Å². The number of para-hydroxylation sites is 1. The molecule has 3 aromatic rings. The first-order valence-electron chi connectivity index (χ1n) is 9.90. The van der Waals surface area contributed by atoms with E-state index in [1.54, 1.807) is 69.5 Å². The molecule has 3 rings (SSSR count). The number of methoxy groups -OCH3 is 1. The Morgan fingerprint density at radius 1 is 1.16 bits per heavy atom. The third-order valence-electron chi connectivity index (χ3n) is 4.44. The zero-order valence-corrected chi connectivity index (χ0v) is 18.7. The fourth-order valence-corrected chi connectivity index (χ4v) is 3.65. The summed E-state index contributed by atoms with van der Waals surface area (Å²) in [6.45, 7) is 3.63. The molecule has 0 fully saturated rings. The quantitative estimate of drug-likeness (QED) is 0.304. The minimum Gasteiger partial charge on any atom is -0.497 e. The van der Waals surface area contributed by atoms with Crippen molar-refractivity contribution in [2.45, 2.75) is 24.3 Å². The molecular formula is C23H23N3O5S. The Morgan fingerprint density at radius 2 is 1.88 bits per heavy atom. The third-order valence-corrected chi connectivity index (χ3v) is 5.43. The number of H-pyrrole nitrogens is 1. The Labute approximate surface area is 189 Å². The molecule has 0 saturated heterocycles. The average molecular weight is 454 g/mol. The van der Waals surface area contributed by atoms with Crippen molar-refractivity contribution in [3.05, 3.63) is 70.5 Å². The highest BCUT2D eigenvalue weighted by atomic mass is 32.2. The molecule has 0 radical (unpaired) electrons. The van der Waals surface area contributed by atoms with Crippen LogP contribution in [0.1, 0.15) is 24.2 Å². The van der Waals surface area contributed by atoms with Gasteiger partial charge in [0.05, 0.1) is 35.9 Å². The van der Waals surface area contributed by atoms with Crippen molar-refractivity contribution in [2.24, 2.45) is 0 Å². The van der Waals surface area contributed by atoms with E-state index in [-0.39, 0.29) is 23.6 Å². The second-order valence-electron chi connectivity index (χ2n) is 6.68. The van der Waals surface area contributed by atoms with Gasteiger partial charge in [-0.3, -0.25) is 9.59 Å². The van der Waals surface area contributed by atoms with Crippen molar-refractivity contribution in [1.29, 1.82) is 0 Å². The normalized spacial score (nSPS) is 11.5. The Kier molecular flexibility index (Phi) is 7.67. The van der Waals surface area contributed by atoms with Crippen LogP contribution in [0.5, 0.6) is 5.75 Å². The number of nitrogens with one attached hydrogen (secondary N) is 2. The Morgan fingerprint density at radius 3 is 2.56 bits per heavy atom. The van der Waals surface area contributed by atoms with Gasteiger partial charge in [-0.05, 0) is 50.2 Å². The topological polar surface area (TPSA) is 110 Å². The average Bonchev–Trinajstić information content (AvgIpc) is 2.79. The van der Waals surface area contributed by atoms with E-state index in [2.05, 4.69) is 15.3 Å². The molecule has 1 atom stereocenters. The fourth-order valence-electron chi connectivity index (χ4n) is 2.84. The van der Waals surface area contributed by atoms with E-state index in [1.807, 2.05) is 0 Å². The maximum absolute atomic E-state index is 12.7. The number of aromatic amines is 1. The number of thioether (sulfide) groups is 1. The molecule has 0 aliphatic rings. The van der Waals surface area contributed by atoms with Crippen molar-refractivity contribution in [1.82, 2.24) is 9.97 Å². The number of rotatable bonds is 8. The van der Waals surface area contributed by atoms with Gasteiger partial charge in [-0.1, -0.05) is 23.9 Å². The van der Waals surface area contributed by atoms with Crippen LogP contribution in [0.3, 0.4) is 0 Å². The van der Waals surface area contributed by atoms with Crippen LogP contribution in [0.4, 0.5) is 5.69 Å². The number of benzene rings is 2. The predicted octanol–water partition coefficient (Wildman–Crippen LogP) is 3.74. The van der Waals surface area contributed by atoms with Gasteiger partial charge in [-0.2, -0.15) is 0 Å². The van der Waals surface area contributed by atoms with Crippen LogP contribution in [-0.4, -0.2) is 40.8 Å². The number of anilines is 1. The monoisotopic (exact) mass is 453 g/mol. The number of ether oxygens (including phenoxy) is 2. The molecule has 166 valence electrons. The molecule has 0 aliphatic carbocycles. The first kappa shape index (κ1) is 23.1. The van der Waals surface area contributed by atoms with Crippen molar-refractivity contribution in [2.75, 3.05) is 19.0 Å². The molecule has 0 bridgehead atoms. The lowest BCUT2D eigenvalue weighted by molar-refractivity contribution is -0.115. The predicted molar refractivity (Wildman–Crippen MR) is 123 cm³/mol. The number of amides is 1. The molecule has 0 aliphatic heterocycles. The smallest absolute Gasteiger partial charge is 0.340 e. The van der Waals surface area contributed by atoms with Gasteiger partial charge < -0.3 is 19.8 Å². The standard InChI is InChI=1S/C23H23N3O5S/c1-4-31-22(29)17-7-5-6-8-18(17)24-21(28)14(2)32-23-25-19(13-20(27)26-23)15-9-11-16(30-3)12-10-15/h5-14H,4H2,1-3H3,(H,24,28)(H,25,26,27). The highest BCUT2D eigenvalue weighted by Crippen LogP contribution is 2.25. The summed E-state index contributed by atoms with van der Waals surface area (Å²) < 4.78 is 10.2. The van der Waals surface area contributed by atoms with Crippen LogP contribution in [0, 0.1) is 0 Å². The van der Waals surface area contributed by atoms with Crippen LogP contribution in [0.2, 0.25) is 0 Å². The summed E-state index contributed by atoms with van der Waals surface area (Å²) in [5.41, 5.74) is 1.54. The first-order valence-corrected chi connectivity index (χ1v) is 10.8. The molecule has 9 heteroatoms. The molecule has 0 saturated carbocycles. The molecular weight excluding hydrogens is 430 g/mol. The summed E-state index contributed by atoms with van der Waals surface area (Å²) in [4.78, 5) is 44.1. The zero-order valence-electron chi connectivity index (χ0n) is 17.9. The Bertz CT molecular complexity index is 1160. The molecule has 0 spiro atoms. The molecule has 1 unspecified atom stereocenters. The van der Waals surface area contributed by atoms with E-state index in [9.17, 15) is 14.4 Å². The number of hydrogen-bond acceptors (Lipinski definition) is 7. The van der Waals surface area contributed by atoms with Gasteiger partial charge in [0.15, 0.2) is 5.16 Å². The van der Waals surface area contributed by atoms with Crippen molar-refractivity contribution in [3.63, 3.8) is 0 Å². The van der Waals surface area contributed by atoms with Crippen LogP contribution >= 0.6 is 11.8 Å². The molecule has 2 N–H and O–H groups in total. The summed E-state index contributed by atoms with van der Waals surface area (Å²) in [6, 6.07) is 15.2. The van der Waals surface area contributed by atoms with Gasteiger partial charge in [0.25, 0.3) is 5.56 Å². The van der Waals surface area contributed by atoms with E-state index >= 15 is 0 Å². The van der Waals surface area contributed by atoms with E-state index < -0.39 is 11.2 Å². The van der Waals surface area contributed by atoms with E-state index in [0.29, 0.717) is 22.3 Å². The maximum Gasteiger partial charge on any atom is 0.340 e. The number of carbonyl (C=O) groups excluding carboxylic acids is 2. The summed E-state index contributed by atoms with van der Waals surface area (Å²) >= 11 is 1.11. The molecule has 1 aromatic heterocycles. The molecule has 32 heavy (non-hydrogen) atoms. The second kappa shape index (κ2) is 10.6. The number of esters is 1. The van der Waals surface area contributed by atoms with Gasteiger partial charge in [-0.15, -0.1) is 0 Å². The number of carbonyl (C=O) groups is 2. The summed E-state index contributed by atoms with van der Waals surface area (Å²) in [6.07, 6.45) is 0. The van der Waals surface area contributed by atoms with Gasteiger partial charge in [-0.25, -0.2) is 9.78 Å². The lowest BCUT2D eigenvalue weighted by Crippen LogP contribution is -2.24. The minimum atomic E-state index is -0.598. The van der Waals surface area contributed by atoms with Gasteiger partial charge in [0.2, 0.25) is 5.91 Å². The first-order chi connectivity index (χ1) is 15.4. The SMILES string of the molecule is CCOC(=O)c1ccccc1NC(=O)C(C)Sc1nc(-c2ccc(OC)cc2)cc(=O)[nH]1. The van der Waals surface area contributed by atoms with E-state index in [4.69, 9.17) is 9.47 Å². The van der Waals surface area contributed by atoms with Gasteiger partial charge >= 0.3 is 5.97 Å². The highest BCUT2D eigenvalue weighted by molar-refractivity contribution is 8.00. The summed E-state index contributed by atoms with van der Waals surface area (Å²) in [5.74, 6) is -0.160. The molecule has 1 heterocycles. The zero-order chi connectivity index (χ0) is 23.1. The number of aromatic nitrogens is 2. The number of hydrogen-bond donors (Lipinski definition) is 2. The molecule has 2 aromatic carbocycles. The summed E-state index contributed by atoms with van der Waals surface area (Å²) in [5, 5.41) is 2.46. The minimum absolute atomic E-state index is 0.233. The maximum atomic E-state index is 12.7. The molecule has 8 nitrogen and oxygen atoms in total. The van der Waals surface area contributed by atoms with Crippen LogP contribution in [0.25, 0.3) is 11.3 Å². The van der Waals surface area contributed by atoms with E-state index in [1.165, 1.54) is 6.07 Å². The van der Waals surface area contributed by atoms with E-state index in [0.717, 1.165) is 17.3 Å². The summed E-state index contributed by atoms with van der Waals surface area (Å²) in [7, 11) is 1.58. The number of nitrogens with zero attached hydrogens (tertiary/aromatic N) is 1. The lowest BCUT2D eigenvalue weighted by atomic mass is 10.1. The largest absolute Gasteiger partial charge is 0.497 e.